The average Bonchev–Trinajstić information content (AvgIpc) is 3.15. The molecule has 0 spiro atoms. The SMILES string of the molecule is Cc1ccc2c(c1)C(C1=CCCC=C1)(c1ccccc1)c1cc(-c3ccccn3)ccc1-2. The van der Waals surface area contributed by atoms with E-state index < -0.39 is 0 Å². The average molecular weight is 412 g/mol. The molecule has 32 heavy (non-hydrogen) atoms. The van der Waals surface area contributed by atoms with Gasteiger partial charge in [-0.1, -0.05) is 90.5 Å². The molecule has 1 heterocycles. The van der Waals surface area contributed by atoms with Crippen molar-refractivity contribution in [2.24, 2.45) is 0 Å². The highest BCUT2D eigenvalue weighted by Crippen LogP contribution is 2.57. The Labute approximate surface area is 189 Å². The monoisotopic (exact) mass is 411 g/mol. The van der Waals surface area contributed by atoms with Crippen molar-refractivity contribution < 1.29 is 0 Å². The molecule has 0 fully saturated rings. The largest absolute Gasteiger partial charge is 0.256 e. The third kappa shape index (κ3) is 2.74. The zero-order valence-corrected chi connectivity index (χ0v) is 18.3. The summed E-state index contributed by atoms with van der Waals surface area (Å²) in [4.78, 5) is 4.64. The Morgan fingerprint density at radius 2 is 1.53 bits per heavy atom. The fourth-order valence-corrected chi connectivity index (χ4v) is 5.50. The second-order valence-corrected chi connectivity index (χ2v) is 8.78. The van der Waals surface area contributed by atoms with Gasteiger partial charge in [-0.3, -0.25) is 4.98 Å². The lowest BCUT2D eigenvalue weighted by molar-refractivity contribution is 0.751. The first kappa shape index (κ1) is 19.0. The number of allylic oxidation sites excluding steroid dienone is 4. The van der Waals surface area contributed by atoms with Gasteiger partial charge in [0, 0.05) is 11.8 Å². The van der Waals surface area contributed by atoms with Crippen LogP contribution in [-0.4, -0.2) is 4.98 Å². The zero-order valence-electron chi connectivity index (χ0n) is 18.3. The summed E-state index contributed by atoms with van der Waals surface area (Å²) >= 11 is 0. The van der Waals surface area contributed by atoms with Crippen LogP contribution in [0.1, 0.15) is 35.1 Å². The molecule has 154 valence electrons. The van der Waals surface area contributed by atoms with Gasteiger partial charge < -0.3 is 0 Å². The molecular weight excluding hydrogens is 386 g/mol. The van der Waals surface area contributed by atoms with Crippen molar-refractivity contribution in [2.75, 3.05) is 0 Å². The van der Waals surface area contributed by atoms with Crippen molar-refractivity contribution in [1.82, 2.24) is 4.98 Å². The van der Waals surface area contributed by atoms with E-state index in [9.17, 15) is 0 Å². The van der Waals surface area contributed by atoms with E-state index in [1.165, 1.54) is 39.0 Å². The predicted molar refractivity (Wildman–Crippen MR) is 133 cm³/mol. The maximum Gasteiger partial charge on any atom is 0.0710 e. The molecule has 4 aromatic rings. The summed E-state index contributed by atoms with van der Waals surface area (Å²) in [5.41, 5.74) is 11.2. The number of rotatable bonds is 3. The molecule has 2 aliphatic rings. The van der Waals surface area contributed by atoms with E-state index in [2.05, 4.69) is 109 Å². The Kier molecular flexibility index (Phi) is 4.43. The van der Waals surface area contributed by atoms with Crippen molar-refractivity contribution in [1.29, 1.82) is 0 Å². The number of aromatic nitrogens is 1. The molecule has 6 rings (SSSR count). The van der Waals surface area contributed by atoms with Crippen molar-refractivity contribution in [3.05, 3.63) is 137 Å². The topological polar surface area (TPSA) is 12.9 Å². The second kappa shape index (κ2) is 7.46. The van der Waals surface area contributed by atoms with Gasteiger partial charge in [0.05, 0.1) is 11.1 Å². The van der Waals surface area contributed by atoms with Gasteiger partial charge in [0.15, 0.2) is 0 Å². The summed E-state index contributed by atoms with van der Waals surface area (Å²) < 4.78 is 0. The Morgan fingerprint density at radius 3 is 2.28 bits per heavy atom. The molecule has 0 amide bonds. The Balaban J connectivity index is 1.73. The minimum absolute atomic E-state index is 0.320. The lowest BCUT2D eigenvalue weighted by Crippen LogP contribution is -2.29. The molecular formula is C31H25N. The van der Waals surface area contributed by atoms with E-state index in [1.807, 2.05) is 12.3 Å². The minimum Gasteiger partial charge on any atom is -0.256 e. The molecule has 0 bridgehead atoms. The van der Waals surface area contributed by atoms with Gasteiger partial charge in [-0.2, -0.15) is 0 Å². The number of benzene rings is 3. The van der Waals surface area contributed by atoms with Gasteiger partial charge in [0.25, 0.3) is 0 Å². The summed E-state index contributed by atoms with van der Waals surface area (Å²) in [6.45, 7) is 2.20. The number of aryl methyl sites for hydroxylation is 1. The highest BCUT2D eigenvalue weighted by molar-refractivity contribution is 5.88. The van der Waals surface area contributed by atoms with E-state index in [4.69, 9.17) is 0 Å². The van der Waals surface area contributed by atoms with Gasteiger partial charge in [0.2, 0.25) is 0 Å². The fourth-order valence-electron chi connectivity index (χ4n) is 5.50. The van der Waals surface area contributed by atoms with Crippen LogP contribution in [-0.2, 0) is 5.41 Å². The van der Waals surface area contributed by atoms with Gasteiger partial charge >= 0.3 is 0 Å². The van der Waals surface area contributed by atoms with E-state index in [0.717, 1.165) is 24.1 Å². The van der Waals surface area contributed by atoms with Crippen LogP contribution >= 0.6 is 0 Å². The smallest absolute Gasteiger partial charge is 0.0710 e. The number of hydrogen-bond acceptors (Lipinski definition) is 1. The van der Waals surface area contributed by atoms with Crippen LogP contribution in [0.25, 0.3) is 22.4 Å². The third-order valence-electron chi connectivity index (χ3n) is 6.89. The summed E-state index contributed by atoms with van der Waals surface area (Å²) in [6.07, 6.45) is 11.2. The van der Waals surface area contributed by atoms with Crippen LogP contribution in [0.4, 0.5) is 0 Å². The second-order valence-electron chi connectivity index (χ2n) is 8.78. The first-order valence-electron chi connectivity index (χ1n) is 11.4. The van der Waals surface area contributed by atoms with Gasteiger partial charge in [-0.15, -0.1) is 0 Å². The van der Waals surface area contributed by atoms with E-state index in [-0.39, 0.29) is 5.41 Å². The molecule has 1 atom stereocenters. The Hall–Kier alpha value is -3.71. The van der Waals surface area contributed by atoms with Crippen molar-refractivity contribution in [3.8, 4) is 22.4 Å². The highest BCUT2D eigenvalue weighted by atomic mass is 14.7. The summed E-state index contributed by atoms with van der Waals surface area (Å²) in [5.74, 6) is 0. The predicted octanol–water partition coefficient (Wildman–Crippen LogP) is 7.65. The van der Waals surface area contributed by atoms with Crippen molar-refractivity contribution in [3.63, 3.8) is 0 Å². The van der Waals surface area contributed by atoms with E-state index in [1.54, 1.807) is 0 Å². The lowest BCUT2D eigenvalue weighted by atomic mass is 9.66. The van der Waals surface area contributed by atoms with Crippen LogP contribution in [0.15, 0.2) is 115 Å². The van der Waals surface area contributed by atoms with Crippen LogP contribution in [0.5, 0.6) is 0 Å². The molecule has 1 unspecified atom stereocenters. The molecule has 0 saturated carbocycles. The molecule has 1 nitrogen and oxygen atoms in total. The Morgan fingerprint density at radius 1 is 0.750 bits per heavy atom. The van der Waals surface area contributed by atoms with Crippen molar-refractivity contribution >= 4 is 0 Å². The normalized spacial score (nSPS) is 18.7. The molecule has 0 saturated heterocycles. The van der Waals surface area contributed by atoms with E-state index in [0.29, 0.717) is 0 Å². The van der Waals surface area contributed by atoms with Crippen LogP contribution in [0.3, 0.4) is 0 Å². The molecule has 3 aromatic carbocycles. The number of fused-ring (bicyclic) bond motifs is 3. The van der Waals surface area contributed by atoms with Crippen LogP contribution in [0, 0.1) is 6.92 Å². The first-order valence-corrected chi connectivity index (χ1v) is 11.4. The quantitative estimate of drug-likeness (QED) is 0.337. The summed E-state index contributed by atoms with van der Waals surface area (Å²) in [6, 6.07) is 31.0. The molecule has 2 aliphatic carbocycles. The summed E-state index contributed by atoms with van der Waals surface area (Å²) in [5, 5.41) is 0. The maximum absolute atomic E-state index is 4.64. The molecule has 0 N–H and O–H groups in total. The fraction of sp³-hybridized carbons (Fsp3) is 0.129. The molecule has 0 aliphatic heterocycles. The minimum atomic E-state index is -0.320. The molecule has 1 heteroatoms. The van der Waals surface area contributed by atoms with Crippen LogP contribution in [0.2, 0.25) is 0 Å². The first-order chi connectivity index (χ1) is 15.8. The van der Waals surface area contributed by atoms with Crippen LogP contribution < -0.4 is 0 Å². The third-order valence-corrected chi connectivity index (χ3v) is 6.89. The standard InChI is InChI=1S/C31H25N/c1-22-15-17-26-27-18-16-23(30-14-8-9-19-32-30)21-29(27)31(28(26)20-22,24-10-4-2-5-11-24)25-12-6-3-7-13-25/h2,4-6,8-21H,3,7H2,1H3. The van der Waals surface area contributed by atoms with Gasteiger partial charge in [-0.25, -0.2) is 0 Å². The summed E-state index contributed by atoms with van der Waals surface area (Å²) in [7, 11) is 0. The molecule has 1 aromatic heterocycles. The maximum atomic E-state index is 4.64. The number of hydrogen-bond donors (Lipinski definition) is 0. The zero-order chi connectivity index (χ0) is 21.5. The van der Waals surface area contributed by atoms with Crippen molar-refractivity contribution in [2.45, 2.75) is 25.2 Å². The highest BCUT2D eigenvalue weighted by Gasteiger charge is 2.47. The Bertz CT molecular complexity index is 1360. The molecule has 0 radical (unpaired) electrons. The lowest BCUT2D eigenvalue weighted by Gasteiger charge is -2.36. The number of nitrogens with zero attached hydrogens (tertiary/aromatic N) is 1. The van der Waals surface area contributed by atoms with Gasteiger partial charge in [0.1, 0.15) is 0 Å². The van der Waals surface area contributed by atoms with E-state index >= 15 is 0 Å². The number of pyridine rings is 1. The van der Waals surface area contributed by atoms with Gasteiger partial charge in [-0.05, 0) is 71.4 Å².